The molecule has 3 heterocycles. The summed E-state index contributed by atoms with van der Waals surface area (Å²) in [6.45, 7) is 0.732. The lowest BCUT2D eigenvalue weighted by Gasteiger charge is -2.43. The number of likely N-dealkylation sites (N-methyl/N-ethyl adjacent to an activating group) is 1. The zero-order valence-electron chi connectivity index (χ0n) is 13.9. The van der Waals surface area contributed by atoms with Crippen LogP contribution in [0.15, 0.2) is 18.2 Å². The summed E-state index contributed by atoms with van der Waals surface area (Å²) in [5.74, 6) is -0.428. The Kier molecular flexibility index (Phi) is 3.50. The third kappa shape index (κ3) is 2.20. The van der Waals surface area contributed by atoms with Gasteiger partial charge in [0.25, 0.3) is 0 Å². The van der Waals surface area contributed by atoms with Gasteiger partial charge in [-0.25, -0.2) is 0 Å². The molecule has 26 heavy (non-hydrogen) atoms. The van der Waals surface area contributed by atoms with Crippen molar-refractivity contribution in [3.05, 3.63) is 40.5 Å². The second-order valence-electron chi connectivity index (χ2n) is 6.88. The molecule has 0 saturated carbocycles. The maximum atomic E-state index is 13.3. The number of aromatic nitrogens is 1. The summed E-state index contributed by atoms with van der Waals surface area (Å²) in [5, 5.41) is 30.3. The molecule has 0 spiro atoms. The van der Waals surface area contributed by atoms with Crippen molar-refractivity contribution in [3.63, 3.8) is 0 Å². The zero-order chi connectivity index (χ0) is 18.8. The van der Waals surface area contributed by atoms with Gasteiger partial charge in [0.1, 0.15) is 0 Å². The van der Waals surface area contributed by atoms with Crippen molar-refractivity contribution in [3.8, 4) is 23.5 Å². The van der Waals surface area contributed by atoms with Crippen molar-refractivity contribution in [1.29, 1.82) is 5.26 Å². The number of rotatable bonds is 1. The lowest BCUT2D eigenvalue weighted by molar-refractivity contribution is -0.137. The second-order valence-corrected chi connectivity index (χ2v) is 6.88. The number of benzene rings is 1. The summed E-state index contributed by atoms with van der Waals surface area (Å²) in [4.78, 5) is 2.08. The number of hydrogen-bond donors (Lipinski definition) is 2. The first-order valence-corrected chi connectivity index (χ1v) is 8.22. The van der Waals surface area contributed by atoms with Gasteiger partial charge < -0.3 is 10.2 Å². The van der Waals surface area contributed by atoms with Gasteiger partial charge in [-0.3, -0.25) is 9.47 Å². The van der Waals surface area contributed by atoms with Gasteiger partial charge >= 0.3 is 6.18 Å². The van der Waals surface area contributed by atoms with Gasteiger partial charge in [-0.05, 0) is 38.1 Å². The monoisotopic (exact) mass is 363 g/mol. The molecule has 2 atom stereocenters. The third-order valence-corrected chi connectivity index (χ3v) is 5.45. The van der Waals surface area contributed by atoms with Crippen molar-refractivity contribution >= 4 is 0 Å². The van der Waals surface area contributed by atoms with Crippen molar-refractivity contribution in [2.24, 2.45) is 0 Å². The minimum Gasteiger partial charge on any atom is -0.494 e. The number of nitriles is 1. The van der Waals surface area contributed by atoms with E-state index in [4.69, 9.17) is 5.26 Å². The molecule has 8 heteroatoms. The van der Waals surface area contributed by atoms with Crippen LogP contribution in [0, 0.1) is 11.3 Å². The van der Waals surface area contributed by atoms with Gasteiger partial charge in [0.05, 0.1) is 22.9 Å². The largest absolute Gasteiger partial charge is 0.494 e. The molecule has 3 aliphatic rings. The highest BCUT2D eigenvalue weighted by atomic mass is 19.4. The molecule has 1 aromatic carbocycles. The van der Waals surface area contributed by atoms with Gasteiger partial charge in [0.2, 0.25) is 11.8 Å². The molecule has 1 aliphatic carbocycles. The van der Waals surface area contributed by atoms with Crippen LogP contribution in [0.4, 0.5) is 13.2 Å². The number of piperidine rings is 1. The Labute approximate surface area is 147 Å². The summed E-state index contributed by atoms with van der Waals surface area (Å²) < 4.78 is 40.8. The van der Waals surface area contributed by atoms with E-state index in [9.17, 15) is 23.4 Å². The van der Waals surface area contributed by atoms with E-state index in [1.807, 2.05) is 7.05 Å². The molecule has 1 aromatic heterocycles. The molecule has 2 aliphatic heterocycles. The summed E-state index contributed by atoms with van der Waals surface area (Å²) >= 11 is 0. The Bertz CT molecular complexity index is 943. The fourth-order valence-corrected chi connectivity index (χ4v) is 4.31. The van der Waals surface area contributed by atoms with E-state index in [0.29, 0.717) is 11.1 Å². The average Bonchev–Trinajstić information content (AvgIpc) is 2.87. The molecule has 2 unspecified atom stereocenters. The quantitative estimate of drug-likeness (QED) is 0.811. The van der Waals surface area contributed by atoms with Crippen LogP contribution < -0.4 is 0 Å². The maximum Gasteiger partial charge on any atom is 0.417 e. The van der Waals surface area contributed by atoms with E-state index in [-0.39, 0.29) is 29.4 Å². The summed E-state index contributed by atoms with van der Waals surface area (Å²) in [7, 11) is 1.93. The van der Waals surface area contributed by atoms with Crippen molar-refractivity contribution in [2.45, 2.75) is 31.0 Å². The van der Waals surface area contributed by atoms with Crippen LogP contribution in [0.2, 0.25) is 0 Å². The minimum absolute atomic E-state index is 0.0252. The molecule has 5 nitrogen and oxygen atoms in total. The number of halogens is 3. The van der Waals surface area contributed by atoms with Crippen molar-refractivity contribution in [2.75, 3.05) is 13.6 Å². The number of hydrogen-bond acceptors (Lipinski definition) is 4. The van der Waals surface area contributed by atoms with E-state index in [0.717, 1.165) is 36.1 Å². The highest BCUT2D eigenvalue weighted by molar-refractivity contribution is 5.59. The molecule has 0 amide bonds. The lowest BCUT2D eigenvalue weighted by Crippen LogP contribution is -2.39. The first-order chi connectivity index (χ1) is 12.2. The van der Waals surface area contributed by atoms with E-state index < -0.39 is 17.3 Å². The number of fused-ring (bicyclic) bond motifs is 2. The van der Waals surface area contributed by atoms with Gasteiger partial charge in [-0.1, -0.05) is 0 Å². The molecule has 2 bridgehead atoms. The summed E-state index contributed by atoms with van der Waals surface area (Å²) in [5.41, 5.74) is -0.414. The van der Waals surface area contributed by atoms with Gasteiger partial charge in [-0.2, -0.15) is 18.4 Å². The van der Waals surface area contributed by atoms with Crippen LogP contribution in [0.3, 0.4) is 0 Å². The molecule has 0 radical (unpaired) electrons. The van der Waals surface area contributed by atoms with Crippen LogP contribution in [0.5, 0.6) is 11.8 Å². The van der Waals surface area contributed by atoms with Crippen LogP contribution in [-0.2, 0) is 6.18 Å². The van der Waals surface area contributed by atoms with Crippen LogP contribution in [-0.4, -0.2) is 33.3 Å². The van der Waals surface area contributed by atoms with Crippen LogP contribution in [0.1, 0.15) is 47.1 Å². The molecule has 136 valence electrons. The fourth-order valence-electron chi connectivity index (χ4n) is 4.31. The van der Waals surface area contributed by atoms with Gasteiger partial charge in [-0.15, -0.1) is 0 Å². The number of aromatic hydroxyl groups is 2. The predicted octanol–water partition coefficient (Wildman–Crippen LogP) is 3.64. The second kappa shape index (κ2) is 5.42. The maximum absolute atomic E-state index is 13.3. The average molecular weight is 363 g/mol. The predicted molar refractivity (Wildman–Crippen MR) is 86.2 cm³/mol. The Morgan fingerprint density at radius 2 is 1.85 bits per heavy atom. The molecule has 1 fully saturated rings. The standard InChI is InChI=1S/C18H16F3N3O2/c1-23-8-10-3-5-13(23)15-14(10)16(25)24(17(15)26)11-4-2-9(7-22)12(6-11)18(19,20)21/h2,4,6,10,13,25-26H,3,5,8H2,1H3. The minimum atomic E-state index is -4.71. The molecule has 2 N–H and O–H groups in total. The first-order valence-electron chi connectivity index (χ1n) is 8.22. The molecule has 2 aromatic rings. The van der Waals surface area contributed by atoms with Crippen LogP contribution >= 0.6 is 0 Å². The first kappa shape index (κ1) is 16.8. The molecular formula is C18H16F3N3O2. The molecule has 1 saturated heterocycles. The number of alkyl halides is 3. The Morgan fingerprint density at radius 1 is 1.15 bits per heavy atom. The van der Waals surface area contributed by atoms with Gasteiger partial charge in [0, 0.05) is 29.6 Å². The van der Waals surface area contributed by atoms with E-state index in [1.54, 1.807) is 0 Å². The molecule has 5 rings (SSSR count). The lowest BCUT2D eigenvalue weighted by atomic mass is 9.77. The Balaban J connectivity index is 1.93. The van der Waals surface area contributed by atoms with E-state index in [2.05, 4.69) is 4.90 Å². The fraction of sp³-hybridized carbons (Fsp3) is 0.389. The van der Waals surface area contributed by atoms with E-state index in [1.165, 1.54) is 12.1 Å². The Hall–Kier alpha value is -2.66. The topological polar surface area (TPSA) is 72.4 Å². The normalized spacial score (nSPS) is 22.3. The summed E-state index contributed by atoms with van der Waals surface area (Å²) in [6, 6.07) is 4.60. The van der Waals surface area contributed by atoms with E-state index >= 15 is 0 Å². The SMILES string of the molecule is CN1CC2CCC1c1c2c(O)n(-c2ccc(C#N)c(C(F)(F)F)c2)c1O. The van der Waals surface area contributed by atoms with Crippen molar-refractivity contribution in [1.82, 2.24) is 9.47 Å². The van der Waals surface area contributed by atoms with Gasteiger partial charge in [0.15, 0.2) is 0 Å². The number of nitrogens with zero attached hydrogens (tertiary/aromatic N) is 3. The highest BCUT2D eigenvalue weighted by Gasteiger charge is 2.43. The zero-order valence-corrected chi connectivity index (χ0v) is 13.9. The smallest absolute Gasteiger partial charge is 0.417 e. The summed E-state index contributed by atoms with van der Waals surface area (Å²) in [6.07, 6.45) is -3.02. The third-order valence-electron chi connectivity index (χ3n) is 5.45. The van der Waals surface area contributed by atoms with Crippen LogP contribution in [0.25, 0.3) is 5.69 Å². The Morgan fingerprint density at radius 3 is 2.46 bits per heavy atom. The highest BCUT2D eigenvalue weighted by Crippen LogP contribution is 2.55. The molecular weight excluding hydrogens is 347 g/mol. The van der Waals surface area contributed by atoms with Crippen molar-refractivity contribution < 1.29 is 23.4 Å².